The highest BCUT2D eigenvalue weighted by Crippen LogP contribution is 2.20. The molecule has 0 radical (unpaired) electrons. The third-order valence-corrected chi connectivity index (χ3v) is 3.37. The molecule has 5 nitrogen and oxygen atoms in total. The van der Waals surface area contributed by atoms with Gasteiger partial charge in [0.25, 0.3) is 0 Å². The zero-order chi connectivity index (χ0) is 12.1. The van der Waals surface area contributed by atoms with E-state index in [1.807, 2.05) is 10.9 Å². The average Bonchev–Trinajstić information content (AvgIpc) is 2.76. The van der Waals surface area contributed by atoms with Crippen molar-refractivity contribution in [1.29, 1.82) is 0 Å². The summed E-state index contributed by atoms with van der Waals surface area (Å²) in [4.78, 5) is 4.36. The number of nitrogens with one attached hydrogen (secondary N) is 1. The van der Waals surface area contributed by atoms with E-state index in [2.05, 4.69) is 23.4 Å². The first kappa shape index (κ1) is 12.5. The fourth-order valence-electron chi connectivity index (χ4n) is 2.07. The molecule has 5 heteroatoms. The van der Waals surface area contributed by atoms with Crippen LogP contribution in [-0.2, 0) is 17.8 Å². The van der Waals surface area contributed by atoms with Gasteiger partial charge < -0.3 is 20.4 Å². The van der Waals surface area contributed by atoms with Gasteiger partial charge in [0.2, 0.25) is 0 Å². The predicted molar refractivity (Wildman–Crippen MR) is 66.6 cm³/mol. The largest absolute Gasteiger partial charge is 0.381 e. The van der Waals surface area contributed by atoms with Crippen LogP contribution in [-0.4, -0.2) is 34.8 Å². The van der Waals surface area contributed by atoms with Crippen molar-refractivity contribution in [3.63, 3.8) is 0 Å². The van der Waals surface area contributed by atoms with Crippen LogP contribution in [0.15, 0.2) is 12.5 Å². The summed E-state index contributed by atoms with van der Waals surface area (Å²) in [5.41, 5.74) is 6.77. The maximum Gasteiger partial charge on any atom is 0.0950 e. The molecule has 1 fully saturated rings. The molecular weight excluding hydrogens is 216 g/mol. The number of nitrogens with two attached hydrogens (primary N) is 1. The Morgan fingerprint density at radius 2 is 2.29 bits per heavy atom. The average molecular weight is 238 g/mol. The Morgan fingerprint density at radius 3 is 3.00 bits per heavy atom. The van der Waals surface area contributed by atoms with Crippen LogP contribution in [0, 0.1) is 0 Å². The van der Waals surface area contributed by atoms with Crippen molar-refractivity contribution in [2.45, 2.75) is 38.4 Å². The molecule has 0 spiro atoms. The molecule has 0 unspecified atom stereocenters. The standard InChI is InChI=1S/C12H22N4O/c1-12(2-6-17-7-3-12)15-8-11-9-16(5-4-13)10-14-11/h9-10,15H,2-8,13H2,1H3. The first-order valence-corrected chi connectivity index (χ1v) is 6.25. The molecule has 17 heavy (non-hydrogen) atoms. The van der Waals surface area contributed by atoms with Gasteiger partial charge in [0.15, 0.2) is 0 Å². The Hall–Kier alpha value is -0.910. The molecule has 96 valence electrons. The van der Waals surface area contributed by atoms with Crippen LogP contribution in [0.1, 0.15) is 25.5 Å². The van der Waals surface area contributed by atoms with E-state index in [1.54, 1.807) is 0 Å². The minimum atomic E-state index is 0.190. The minimum absolute atomic E-state index is 0.190. The summed E-state index contributed by atoms with van der Waals surface area (Å²) in [7, 11) is 0. The van der Waals surface area contributed by atoms with E-state index in [0.717, 1.165) is 44.8 Å². The quantitative estimate of drug-likeness (QED) is 0.784. The Bertz CT molecular complexity index is 344. The van der Waals surface area contributed by atoms with Crippen LogP contribution in [0.2, 0.25) is 0 Å². The van der Waals surface area contributed by atoms with Crippen molar-refractivity contribution in [2.24, 2.45) is 5.73 Å². The highest BCUT2D eigenvalue weighted by Gasteiger charge is 2.26. The molecular formula is C12H22N4O. The Balaban J connectivity index is 1.83. The molecule has 1 saturated heterocycles. The number of imidazole rings is 1. The van der Waals surface area contributed by atoms with Gasteiger partial charge in [-0.3, -0.25) is 0 Å². The third-order valence-electron chi connectivity index (χ3n) is 3.37. The molecule has 0 bridgehead atoms. The second kappa shape index (κ2) is 5.62. The van der Waals surface area contributed by atoms with Crippen LogP contribution >= 0.6 is 0 Å². The molecule has 1 aromatic heterocycles. The molecule has 2 heterocycles. The second-order valence-corrected chi connectivity index (χ2v) is 4.92. The first-order valence-electron chi connectivity index (χ1n) is 6.25. The summed E-state index contributed by atoms with van der Waals surface area (Å²) in [5.74, 6) is 0. The number of hydrogen-bond acceptors (Lipinski definition) is 4. The van der Waals surface area contributed by atoms with Crippen LogP contribution in [0.25, 0.3) is 0 Å². The zero-order valence-corrected chi connectivity index (χ0v) is 10.5. The monoisotopic (exact) mass is 238 g/mol. The van der Waals surface area contributed by atoms with E-state index < -0.39 is 0 Å². The Kier molecular flexibility index (Phi) is 4.15. The van der Waals surface area contributed by atoms with Gasteiger partial charge in [-0.2, -0.15) is 0 Å². The van der Waals surface area contributed by atoms with E-state index in [-0.39, 0.29) is 5.54 Å². The summed E-state index contributed by atoms with van der Waals surface area (Å²) in [5, 5.41) is 3.58. The fraction of sp³-hybridized carbons (Fsp3) is 0.750. The van der Waals surface area contributed by atoms with Gasteiger partial charge >= 0.3 is 0 Å². The number of ether oxygens (including phenoxy) is 1. The number of aromatic nitrogens is 2. The van der Waals surface area contributed by atoms with Crippen molar-refractivity contribution in [3.8, 4) is 0 Å². The van der Waals surface area contributed by atoms with Crippen molar-refractivity contribution in [1.82, 2.24) is 14.9 Å². The third kappa shape index (κ3) is 3.52. The zero-order valence-electron chi connectivity index (χ0n) is 10.5. The van der Waals surface area contributed by atoms with Gasteiger partial charge in [-0.25, -0.2) is 4.98 Å². The lowest BCUT2D eigenvalue weighted by atomic mass is 9.92. The minimum Gasteiger partial charge on any atom is -0.381 e. The van der Waals surface area contributed by atoms with Crippen LogP contribution < -0.4 is 11.1 Å². The van der Waals surface area contributed by atoms with E-state index in [4.69, 9.17) is 10.5 Å². The van der Waals surface area contributed by atoms with Gasteiger partial charge in [-0.1, -0.05) is 0 Å². The summed E-state index contributed by atoms with van der Waals surface area (Å²) >= 11 is 0. The fourth-order valence-corrected chi connectivity index (χ4v) is 2.07. The predicted octanol–water partition coefficient (Wildman–Crippen LogP) is 0.501. The topological polar surface area (TPSA) is 65.1 Å². The van der Waals surface area contributed by atoms with Gasteiger partial charge in [0.1, 0.15) is 0 Å². The Morgan fingerprint density at radius 1 is 1.53 bits per heavy atom. The lowest BCUT2D eigenvalue weighted by Gasteiger charge is -2.34. The highest BCUT2D eigenvalue weighted by molar-refractivity contribution is 4.98. The summed E-state index contributed by atoms with van der Waals surface area (Å²) in [6.07, 6.45) is 6.03. The molecule has 1 aromatic rings. The smallest absolute Gasteiger partial charge is 0.0950 e. The summed E-state index contributed by atoms with van der Waals surface area (Å²) in [6, 6.07) is 0. The van der Waals surface area contributed by atoms with Gasteiger partial charge in [-0.05, 0) is 19.8 Å². The number of rotatable bonds is 5. The van der Waals surface area contributed by atoms with Gasteiger partial charge in [-0.15, -0.1) is 0 Å². The highest BCUT2D eigenvalue weighted by atomic mass is 16.5. The molecule has 0 aromatic carbocycles. The maximum atomic E-state index is 5.50. The van der Waals surface area contributed by atoms with E-state index >= 15 is 0 Å². The van der Waals surface area contributed by atoms with Crippen molar-refractivity contribution < 1.29 is 4.74 Å². The molecule has 0 saturated carbocycles. The molecule has 2 rings (SSSR count). The molecule has 3 N–H and O–H groups in total. The molecule has 1 aliphatic rings. The number of nitrogens with zero attached hydrogens (tertiary/aromatic N) is 2. The lowest BCUT2D eigenvalue weighted by molar-refractivity contribution is 0.0445. The SMILES string of the molecule is CC1(NCc2cn(CCN)cn2)CCOCC1. The molecule has 1 aliphatic heterocycles. The van der Waals surface area contributed by atoms with Gasteiger partial charge in [0.05, 0.1) is 12.0 Å². The Labute approximate surface area is 102 Å². The molecule has 0 atom stereocenters. The first-order chi connectivity index (χ1) is 8.22. The van der Waals surface area contributed by atoms with E-state index in [9.17, 15) is 0 Å². The summed E-state index contributed by atoms with van der Waals surface area (Å²) < 4.78 is 7.41. The van der Waals surface area contributed by atoms with Crippen molar-refractivity contribution >= 4 is 0 Å². The number of hydrogen-bond donors (Lipinski definition) is 2. The van der Waals surface area contributed by atoms with Crippen molar-refractivity contribution in [3.05, 3.63) is 18.2 Å². The molecule has 0 aliphatic carbocycles. The van der Waals surface area contributed by atoms with E-state index in [0.29, 0.717) is 6.54 Å². The summed E-state index contributed by atoms with van der Waals surface area (Å²) in [6.45, 7) is 6.26. The molecule has 0 amide bonds. The van der Waals surface area contributed by atoms with Crippen LogP contribution in [0.3, 0.4) is 0 Å². The van der Waals surface area contributed by atoms with Crippen LogP contribution in [0.4, 0.5) is 0 Å². The lowest BCUT2D eigenvalue weighted by Crippen LogP contribution is -2.46. The maximum absolute atomic E-state index is 5.50. The van der Waals surface area contributed by atoms with Crippen LogP contribution in [0.5, 0.6) is 0 Å². The van der Waals surface area contributed by atoms with Gasteiger partial charge in [0, 0.05) is 44.6 Å². The van der Waals surface area contributed by atoms with Crippen molar-refractivity contribution in [2.75, 3.05) is 19.8 Å². The normalized spacial score (nSPS) is 19.4. The second-order valence-electron chi connectivity index (χ2n) is 4.92. The van der Waals surface area contributed by atoms with E-state index in [1.165, 1.54) is 0 Å².